The van der Waals surface area contributed by atoms with E-state index in [1.54, 1.807) is 0 Å². The normalized spacial score (nSPS) is 18.5. The van der Waals surface area contributed by atoms with Gasteiger partial charge in [0.25, 0.3) is 0 Å². The van der Waals surface area contributed by atoms with Gasteiger partial charge < -0.3 is 0 Å². The van der Waals surface area contributed by atoms with E-state index in [-0.39, 0.29) is 17.0 Å². The minimum Gasteiger partial charge on any atom is -0.260 e. The Hall–Kier alpha value is 0.330. The average molecular weight is 311 g/mol. The van der Waals surface area contributed by atoms with E-state index in [0.29, 0.717) is 0 Å². The lowest BCUT2D eigenvalue weighted by molar-refractivity contribution is 0.0156. The minimum absolute atomic E-state index is 0. The van der Waals surface area contributed by atoms with E-state index in [9.17, 15) is 4.39 Å². The largest absolute Gasteiger partial charge is 0.260 e. The number of hydrogen-bond acceptors (Lipinski definition) is 2. The van der Waals surface area contributed by atoms with Crippen LogP contribution in [-0.2, 0) is 0 Å². The molecule has 0 aromatic carbocycles. The standard InChI is InChI=1S/C13H27FN2.BrH/c1-3-5-7-9-15-11-12-16(13(15)14)10-8-6-4-2;/h13H,3-12H2,1-2H3;1H. The highest BCUT2D eigenvalue weighted by atomic mass is 79.9. The Morgan fingerprint density at radius 3 is 1.65 bits per heavy atom. The van der Waals surface area contributed by atoms with E-state index in [0.717, 1.165) is 39.0 Å². The van der Waals surface area contributed by atoms with Crippen molar-refractivity contribution in [3.05, 3.63) is 0 Å². The molecule has 0 bridgehead atoms. The molecule has 4 heteroatoms. The molecule has 0 atom stereocenters. The molecule has 1 aliphatic heterocycles. The maximum absolute atomic E-state index is 14.0. The maximum Gasteiger partial charge on any atom is 0.210 e. The van der Waals surface area contributed by atoms with E-state index < -0.39 is 6.42 Å². The molecule has 2 nitrogen and oxygen atoms in total. The molecule has 0 spiro atoms. The fraction of sp³-hybridized carbons (Fsp3) is 1.00. The Morgan fingerprint density at radius 2 is 1.29 bits per heavy atom. The molecule has 1 heterocycles. The first-order valence-electron chi connectivity index (χ1n) is 6.91. The number of nitrogens with zero attached hydrogens (tertiary/aromatic N) is 2. The second kappa shape index (κ2) is 10.3. The number of halogens is 2. The molecule has 1 fully saturated rings. The lowest BCUT2D eigenvalue weighted by Crippen LogP contribution is -2.36. The summed E-state index contributed by atoms with van der Waals surface area (Å²) in [5.74, 6) is 0. The van der Waals surface area contributed by atoms with Crippen LogP contribution in [0, 0.1) is 0 Å². The summed E-state index contributed by atoms with van der Waals surface area (Å²) in [5, 5.41) is 0. The third-order valence-corrected chi connectivity index (χ3v) is 3.37. The zero-order valence-corrected chi connectivity index (χ0v) is 13.0. The van der Waals surface area contributed by atoms with Gasteiger partial charge in [-0.2, -0.15) is 0 Å². The molecule has 0 amide bonds. The SMILES string of the molecule is Br.CCCCCN1CCN(CCCCC)C1F. The summed E-state index contributed by atoms with van der Waals surface area (Å²) in [6.07, 6.45) is 6.34. The molecule has 1 saturated heterocycles. The molecule has 0 aliphatic carbocycles. The van der Waals surface area contributed by atoms with E-state index in [2.05, 4.69) is 13.8 Å². The number of hydrogen-bond donors (Lipinski definition) is 0. The molecule has 0 N–H and O–H groups in total. The molecular weight excluding hydrogens is 283 g/mol. The van der Waals surface area contributed by atoms with Crippen LogP contribution in [0.3, 0.4) is 0 Å². The van der Waals surface area contributed by atoms with Crippen molar-refractivity contribution in [1.82, 2.24) is 9.80 Å². The van der Waals surface area contributed by atoms with Crippen molar-refractivity contribution in [2.24, 2.45) is 0 Å². The Balaban J connectivity index is 0.00000256. The third-order valence-electron chi connectivity index (χ3n) is 3.37. The van der Waals surface area contributed by atoms with Gasteiger partial charge in [0.1, 0.15) is 0 Å². The van der Waals surface area contributed by atoms with Gasteiger partial charge in [-0.3, -0.25) is 9.80 Å². The molecule has 0 unspecified atom stereocenters. The van der Waals surface area contributed by atoms with Crippen molar-refractivity contribution in [1.29, 1.82) is 0 Å². The van der Waals surface area contributed by atoms with Crippen LogP contribution in [0.5, 0.6) is 0 Å². The first-order valence-corrected chi connectivity index (χ1v) is 6.91. The minimum atomic E-state index is -0.811. The van der Waals surface area contributed by atoms with Crippen LogP contribution < -0.4 is 0 Å². The van der Waals surface area contributed by atoms with Crippen LogP contribution in [0.25, 0.3) is 0 Å². The first kappa shape index (κ1) is 17.3. The van der Waals surface area contributed by atoms with Gasteiger partial charge in [0.15, 0.2) is 0 Å². The Morgan fingerprint density at radius 1 is 0.882 bits per heavy atom. The van der Waals surface area contributed by atoms with Gasteiger partial charge in [-0.1, -0.05) is 39.5 Å². The molecular formula is C13H28BrFN2. The van der Waals surface area contributed by atoms with Crippen molar-refractivity contribution in [3.63, 3.8) is 0 Å². The fourth-order valence-electron chi connectivity index (χ4n) is 2.27. The Labute approximate surface area is 116 Å². The predicted molar refractivity (Wildman–Crippen MR) is 77.4 cm³/mol. The van der Waals surface area contributed by atoms with Crippen molar-refractivity contribution < 1.29 is 4.39 Å². The monoisotopic (exact) mass is 310 g/mol. The summed E-state index contributed by atoms with van der Waals surface area (Å²) in [7, 11) is 0. The topological polar surface area (TPSA) is 6.48 Å². The highest BCUT2D eigenvalue weighted by Gasteiger charge is 2.30. The van der Waals surface area contributed by atoms with Gasteiger partial charge in [0.05, 0.1) is 0 Å². The number of rotatable bonds is 8. The van der Waals surface area contributed by atoms with Gasteiger partial charge in [0.2, 0.25) is 6.42 Å². The lowest BCUT2D eigenvalue weighted by Gasteiger charge is -2.23. The van der Waals surface area contributed by atoms with Crippen LogP contribution in [-0.4, -0.2) is 42.4 Å². The molecule has 1 aliphatic rings. The van der Waals surface area contributed by atoms with Crippen LogP contribution in [0.4, 0.5) is 4.39 Å². The smallest absolute Gasteiger partial charge is 0.210 e. The van der Waals surface area contributed by atoms with E-state index >= 15 is 0 Å². The molecule has 0 saturated carbocycles. The number of unbranched alkanes of at least 4 members (excludes halogenated alkanes) is 4. The van der Waals surface area contributed by atoms with Gasteiger partial charge in [-0.15, -0.1) is 17.0 Å². The van der Waals surface area contributed by atoms with E-state index in [4.69, 9.17) is 0 Å². The summed E-state index contributed by atoms with van der Waals surface area (Å²) >= 11 is 0. The zero-order chi connectivity index (χ0) is 11.8. The molecule has 1 rings (SSSR count). The first-order chi connectivity index (χ1) is 7.79. The Bertz CT molecular complexity index is 163. The van der Waals surface area contributed by atoms with E-state index in [1.165, 1.54) is 25.7 Å². The predicted octanol–water partition coefficient (Wildman–Crippen LogP) is 3.82. The lowest BCUT2D eigenvalue weighted by atomic mass is 10.2. The summed E-state index contributed by atoms with van der Waals surface area (Å²) < 4.78 is 14.0. The van der Waals surface area contributed by atoms with Gasteiger partial charge >= 0.3 is 0 Å². The zero-order valence-electron chi connectivity index (χ0n) is 11.3. The van der Waals surface area contributed by atoms with Crippen LogP contribution >= 0.6 is 17.0 Å². The summed E-state index contributed by atoms with van der Waals surface area (Å²) in [6, 6.07) is 0. The van der Waals surface area contributed by atoms with Gasteiger partial charge in [-0.25, -0.2) is 4.39 Å². The van der Waals surface area contributed by atoms with Crippen molar-refractivity contribution in [3.8, 4) is 0 Å². The van der Waals surface area contributed by atoms with Crippen LogP contribution in [0.2, 0.25) is 0 Å². The summed E-state index contributed by atoms with van der Waals surface area (Å²) in [6.45, 7) is 8.06. The fourth-order valence-corrected chi connectivity index (χ4v) is 2.27. The molecule has 0 aromatic rings. The summed E-state index contributed by atoms with van der Waals surface area (Å²) in [5.41, 5.74) is 0. The van der Waals surface area contributed by atoms with Crippen molar-refractivity contribution in [2.75, 3.05) is 26.2 Å². The van der Waals surface area contributed by atoms with E-state index in [1.807, 2.05) is 9.80 Å². The van der Waals surface area contributed by atoms with Gasteiger partial charge in [0, 0.05) is 26.2 Å². The average Bonchev–Trinajstić information content (AvgIpc) is 2.62. The second-order valence-electron chi connectivity index (χ2n) is 4.80. The van der Waals surface area contributed by atoms with Crippen molar-refractivity contribution >= 4 is 17.0 Å². The van der Waals surface area contributed by atoms with Gasteiger partial charge in [-0.05, 0) is 12.8 Å². The molecule has 104 valence electrons. The van der Waals surface area contributed by atoms with Crippen LogP contribution in [0.15, 0.2) is 0 Å². The van der Waals surface area contributed by atoms with Crippen LogP contribution in [0.1, 0.15) is 52.4 Å². The quantitative estimate of drug-likeness (QED) is 0.497. The molecule has 0 aromatic heterocycles. The number of alkyl halides is 1. The third kappa shape index (κ3) is 6.16. The van der Waals surface area contributed by atoms with Crippen molar-refractivity contribution in [2.45, 2.75) is 58.8 Å². The molecule has 0 radical (unpaired) electrons. The highest BCUT2D eigenvalue weighted by molar-refractivity contribution is 8.93. The maximum atomic E-state index is 14.0. The summed E-state index contributed by atoms with van der Waals surface area (Å²) in [4.78, 5) is 3.98. The Kier molecular flexibility index (Phi) is 10.5. The molecule has 17 heavy (non-hydrogen) atoms. The highest BCUT2D eigenvalue weighted by Crippen LogP contribution is 2.17. The second-order valence-corrected chi connectivity index (χ2v) is 4.80.